The van der Waals surface area contributed by atoms with Gasteiger partial charge in [-0.2, -0.15) is 13.9 Å². The Labute approximate surface area is 149 Å². The second-order valence-corrected chi connectivity index (χ2v) is 5.33. The van der Waals surface area contributed by atoms with Gasteiger partial charge in [-0.15, -0.1) is 0 Å². The molecule has 0 radical (unpaired) electrons. The zero-order chi connectivity index (χ0) is 19.1. The molecule has 2 N–H and O–H groups in total. The Kier molecular flexibility index (Phi) is 6.65. The molecule has 9 heteroatoms. The van der Waals surface area contributed by atoms with E-state index in [0.717, 1.165) is 6.42 Å². The number of alkyl halides is 2. The van der Waals surface area contributed by atoms with Gasteiger partial charge >= 0.3 is 6.61 Å². The summed E-state index contributed by atoms with van der Waals surface area (Å²) in [5, 5.41) is 9.37. The minimum Gasteiger partial charge on any atom is -0.434 e. The van der Waals surface area contributed by atoms with E-state index in [4.69, 9.17) is 0 Å². The molecule has 0 saturated heterocycles. The molecule has 0 unspecified atom stereocenters. The van der Waals surface area contributed by atoms with Gasteiger partial charge in [0.1, 0.15) is 5.75 Å². The number of carbonyl (C=O) groups is 2. The van der Waals surface area contributed by atoms with Crippen LogP contribution in [-0.4, -0.2) is 34.8 Å². The molecule has 0 fully saturated rings. The predicted molar refractivity (Wildman–Crippen MR) is 91.6 cm³/mol. The van der Waals surface area contributed by atoms with E-state index in [1.165, 1.54) is 35.1 Å². The maximum Gasteiger partial charge on any atom is 0.387 e. The van der Waals surface area contributed by atoms with Crippen molar-refractivity contribution in [3.63, 3.8) is 0 Å². The molecule has 2 amide bonds. The number of ether oxygens (including phenoxy) is 1. The number of aryl methyl sites for hydroxylation is 1. The quantitative estimate of drug-likeness (QED) is 0.752. The molecular formula is C17H20F2N4O3. The summed E-state index contributed by atoms with van der Waals surface area (Å²) >= 11 is 0. The molecule has 1 heterocycles. The molecule has 0 aliphatic carbocycles. The van der Waals surface area contributed by atoms with E-state index >= 15 is 0 Å². The van der Waals surface area contributed by atoms with Crippen LogP contribution in [0.1, 0.15) is 41.1 Å². The monoisotopic (exact) mass is 366 g/mol. The van der Waals surface area contributed by atoms with E-state index in [1.54, 1.807) is 0 Å². The van der Waals surface area contributed by atoms with Crippen molar-refractivity contribution in [2.45, 2.75) is 33.4 Å². The zero-order valence-corrected chi connectivity index (χ0v) is 14.5. The maximum atomic E-state index is 12.5. The molecule has 0 saturated carbocycles. The third-order valence-corrected chi connectivity index (χ3v) is 3.43. The third-order valence-electron chi connectivity index (χ3n) is 3.43. The van der Waals surface area contributed by atoms with Crippen molar-refractivity contribution in [3.05, 3.63) is 41.7 Å². The Balaban J connectivity index is 2.26. The standard InChI is InChI=1S/C17H20F2N4O3/c1-3-9-20-16(25)14-12(10-23(4-2)22-14)21-15(24)11-7-5-6-8-13(11)26-17(18)19/h5-8,10,17H,3-4,9H2,1-2H3,(H,20,25)(H,21,24). The van der Waals surface area contributed by atoms with Crippen molar-refractivity contribution in [1.82, 2.24) is 15.1 Å². The van der Waals surface area contributed by atoms with Crippen LogP contribution in [0.15, 0.2) is 30.5 Å². The summed E-state index contributed by atoms with van der Waals surface area (Å²) in [6.07, 6.45) is 2.26. The van der Waals surface area contributed by atoms with Gasteiger partial charge in [0.05, 0.1) is 11.3 Å². The first-order valence-electron chi connectivity index (χ1n) is 8.17. The molecule has 2 aromatic rings. The highest BCUT2D eigenvalue weighted by Gasteiger charge is 2.21. The summed E-state index contributed by atoms with van der Waals surface area (Å²) < 4.78 is 30.9. The molecular weight excluding hydrogens is 346 g/mol. The second kappa shape index (κ2) is 8.93. The van der Waals surface area contributed by atoms with E-state index in [9.17, 15) is 18.4 Å². The highest BCUT2D eigenvalue weighted by molar-refractivity contribution is 6.09. The molecule has 0 spiro atoms. The van der Waals surface area contributed by atoms with Crippen molar-refractivity contribution in [2.75, 3.05) is 11.9 Å². The number of rotatable bonds is 8. The minimum atomic E-state index is -3.05. The number of hydrogen-bond acceptors (Lipinski definition) is 4. The molecule has 7 nitrogen and oxygen atoms in total. The van der Waals surface area contributed by atoms with Gasteiger partial charge in [0, 0.05) is 19.3 Å². The fraction of sp³-hybridized carbons (Fsp3) is 0.353. The SMILES string of the molecule is CCCNC(=O)c1nn(CC)cc1NC(=O)c1ccccc1OC(F)F. The van der Waals surface area contributed by atoms with Crippen molar-refractivity contribution in [3.8, 4) is 5.75 Å². The topological polar surface area (TPSA) is 85.3 Å². The van der Waals surface area contributed by atoms with Gasteiger partial charge in [-0.3, -0.25) is 14.3 Å². The largest absolute Gasteiger partial charge is 0.434 e. The number of amides is 2. The normalized spacial score (nSPS) is 10.7. The highest BCUT2D eigenvalue weighted by Crippen LogP contribution is 2.22. The Morgan fingerprint density at radius 3 is 2.62 bits per heavy atom. The van der Waals surface area contributed by atoms with Crippen LogP contribution < -0.4 is 15.4 Å². The summed E-state index contributed by atoms with van der Waals surface area (Å²) in [6.45, 7) is 1.65. The van der Waals surface area contributed by atoms with Crippen molar-refractivity contribution in [2.24, 2.45) is 0 Å². The lowest BCUT2D eigenvalue weighted by atomic mass is 10.2. The number of para-hydroxylation sites is 1. The van der Waals surface area contributed by atoms with Gasteiger partial charge in [-0.05, 0) is 25.5 Å². The minimum absolute atomic E-state index is 0.0564. The molecule has 140 valence electrons. The van der Waals surface area contributed by atoms with Crippen LogP contribution in [0.5, 0.6) is 5.75 Å². The van der Waals surface area contributed by atoms with Gasteiger partial charge in [-0.1, -0.05) is 19.1 Å². The van der Waals surface area contributed by atoms with Gasteiger partial charge in [0.15, 0.2) is 5.69 Å². The van der Waals surface area contributed by atoms with Gasteiger partial charge < -0.3 is 15.4 Å². The molecule has 26 heavy (non-hydrogen) atoms. The summed E-state index contributed by atoms with van der Waals surface area (Å²) in [5.74, 6) is -1.35. The van der Waals surface area contributed by atoms with Crippen LogP contribution in [0, 0.1) is 0 Å². The van der Waals surface area contributed by atoms with Gasteiger partial charge in [0.2, 0.25) is 0 Å². The molecule has 2 rings (SSSR count). The van der Waals surface area contributed by atoms with E-state index < -0.39 is 18.4 Å². The van der Waals surface area contributed by atoms with Crippen molar-refractivity contribution < 1.29 is 23.1 Å². The third kappa shape index (κ3) is 4.78. The lowest BCUT2D eigenvalue weighted by Crippen LogP contribution is -2.26. The fourth-order valence-electron chi connectivity index (χ4n) is 2.21. The van der Waals surface area contributed by atoms with Crippen LogP contribution in [0.3, 0.4) is 0 Å². The summed E-state index contributed by atoms with van der Waals surface area (Å²) in [5.41, 5.74) is 0.176. The van der Waals surface area contributed by atoms with Crippen LogP contribution in [-0.2, 0) is 6.54 Å². The van der Waals surface area contributed by atoms with E-state index in [2.05, 4.69) is 20.5 Å². The zero-order valence-electron chi connectivity index (χ0n) is 14.5. The number of carbonyl (C=O) groups excluding carboxylic acids is 2. The lowest BCUT2D eigenvalue weighted by molar-refractivity contribution is -0.0501. The van der Waals surface area contributed by atoms with E-state index in [-0.39, 0.29) is 22.7 Å². The van der Waals surface area contributed by atoms with E-state index in [1.807, 2.05) is 13.8 Å². The second-order valence-electron chi connectivity index (χ2n) is 5.33. The van der Waals surface area contributed by atoms with Crippen molar-refractivity contribution >= 4 is 17.5 Å². The first-order chi connectivity index (χ1) is 12.5. The van der Waals surface area contributed by atoms with Crippen LogP contribution in [0.2, 0.25) is 0 Å². The Morgan fingerprint density at radius 1 is 1.23 bits per heavy atom. The maximum absolute atomic E-state index is 12.5. The van der Waals surface area contributed by atoms with Gasteiger partial charge in [-0.25, -0.2) is 0 Å². The summed E-state index contributed by atoms with van der Waals surface area (Å²) in [7, 11) is 0. The molecule has 0 aliphatic rings. The predicted octanol–water partition coefficient (Wildman–Crippen LogP) is 2.90. The first-order valence-corrected chi connectivity index (χ1v) is 8.17. The Morgan fingerprint density at radius 2 is 1.96 bits per heavy atom. The molecule has 0 bridgehead atoms. The van der Waals surface area contributed by atoms with Gasteiger partial charge in [0.25, 0.3) is 11.8 Å². The average Bonchev–Trinajstić information content (AvgIpc) is 3.02. The number of hydrogen-bond donors (Lipinski definition) is 2. The lowest BCUT2D eigenvalue weighted by Gasteiger charge is -2.10. The van der Waals surface area contributed by atoms with Crippen LogP contribution in [0.25, 0.3) is 0 Å². The van der Waals surface area contributed by atoms with Crippen LogP contribution >= 0.6 is 0 Å². The summed E-state index contributed by atoms with van der Waals surface area (Å²) in [6, 6.07) is 5.63. The number of nitrogens with one attached hydrogen (secondary N) is 2. The molecule has 0 atom stereocenters. The number of benzene rings is 1. The number of halogens is 2. The molecule has 1 aromatic heterocycles. The Hall–Kier alpha value is -2.97. The molecule has 1 aromatic carbocycles. The first kappa shape index (κ1) is 19.4. The number of nitrogens with zero attached hydrogens (tertiary/aromatic N) is 2. The number of aromatic nitrogens is 2. The van der Waals surface area contributed by atoms with E-state index in [0.29, 0.717) is 13.1 Å². The smallest absolute Gasteiger partial charge is 0.387 e. The van der Waals surface area contributed by atoms with Crippen LogP contribution in [0.4, 0.5) is 14.5 Å². The summed E-state index contributed by atoms with van der Waals surface area (Å²) in [4.78, 5) is 24.7. The average molecular weight is 366 g/mol. The Bertz CT molecular complexity index is 777. The number of anilines is 1. The fourth-order valence-corrected chi connectivity index (χ4v) is 2.21. The van der Waals surface area contributed by atoms with Crippen molar-refractivity contribution in [1.29, 1.82) is 0 Å². The highest BCUT2D eigenvalue weighted by atomic mass is 19.3. The molecule has 0 aliphatic heterocycles.